The Labute approximate surface area is 193 Å². The number of aromatic amines is 2. The molecule has 0 radical (unpaired) electrons. The van der Waals surface area contributed by atoms with E-state index in [0.717, 1.165) is 65.7 Å². The topological polar surface area (TPSA) is 98.9 Å². The third kappa shape index (κ3) is 3.56. The van der Waals surface area contributed by atoms with Gasteiger partial charge in [-0.3, -0.25) is 14.8 Å². The molecule has 3 heterocycles. The van der Waals surface area contributed by atoms with E-state index in [1.165, 1.54) is 17.7 Å². The van der Waals surface area contributed by atoms with Gasteiger partial charge in [-0.2, -0.15) is 5.10 Å². The lowest BCUT2D eigenvalue weighted by molar-refractivity contribution is -0.123. The van der Waals surface area contributed by atoms with Crippen molar-refractivity contribution in [2.24, 2.45) is 11.3 Å². The van der Waals surface area contributed by atoms with E-state index in [0.29, 0.717) is 12.0 Å². The van der Waals surface area contributed by atoms with Gasteiger partial charge < -0.3 is 15.0 Å². The lowest BCUT2D eigenvalue weighted by Gasteiger charge is -2.34. The molecule has 1 aromatic carbocycles. The average Bonchev–Trinajstić information content (AvgIpc) is 3.06. The maximum Gasteiger partial charge on any atom is 0.241 e. The molecule has 1 saturated carbocycles. The number of aromatic nitrogens is 4. The summed E-state index contributed by atoms with van der Waals surface area (Å²) in [7, 11) is 0. The van der Waals surface area contributed by atoms with Gasteiger partial charge in [-0.25, -0.2) is 4.98 Å². The van der Waals surface area contributed by atoms with Gasteiger partial charge >= 0.3 is 0 Å². The number of carbonyl (C=O) groups excluding carboxylic acids is 1. The van der Waals surface area contributed by atoms with Crippen LogP contribution in [0.25, 0.3) is 22.6 Å². The first-order valence-electron chi connectivity index (χ1n) is 12.0. The third-order valence-corrected chi connectivity index (χ3v) is 8.03. The second-order valence-corrected chi connectivity index (χ2v) is 10.6. The van der Waals surface area contributed by atoms with E-state index in [-0.39, 0.29) is 18.1 Å². The lowest BCUT2D eigenvalue weighted by Crippen LogP contribution is -2.50. The molecule has 1 aliphatic heterocycles. The molecule has 0 spiro atoms. The molecule has 1 unspecified atom stereocenters. The summed E-state index contributed by atoms with van der Waals surface area (Å²) in [6, 6.07) is 3.80. The summed E-state index contributed by atoms with van der Waals surface area (Å²) >= 11 is 0. The molecule has 3 aliphatic rings. The third-order valence-electron chi connectivity index (χ3n) is 8.03. The van der Waals surface area contributed by atoms with E-state index in [1.54, 1.807) is 0 Å². The zero-order chi connectivity index (χ0) is 22.9. The fourth-order valence-electron chi connectivity index (χ4n) is 5.66. The summed E-state index contributed by atoms with van der Waals surface area (Å²) in [5, 5.41) is 11.0. The molecule has 174 valence electrons. The zero-order valence-corrected chi connectivity index (χ0v) is 19.8. The SMILES string of the molecule is Cc1cc2[nH]c(-c3n[nH]c4c3C[C@@H]3C[C@]3(C)C4)nc2cc1NC(=O)C(C)N1CCO[C@@H](C)C1. The Kier molecular flexibility index (Phi) is 4.68. The highest BCUT2D eigenvalue weighted by Crippen LogP contribution is 2.59. The molecule has 2 aliphatic carbocycles. The largest absolute Gasteiger partial charge is 0.376 e. The van der Waals surface area contributed by atoms with Crippen molar-refractivity contribution in [3.8, 4) is 11.5 Å². The summed E-state index contributed by atoms with van der Waals surface area (Å²) in [5.41, 5.74) is 7.58. The Morgan fingerprint density at radius 2 is 2.24 bits per heavy atom. The number of H-pyrrole nitrogens is 2. The summed E-state index contributed by atoms with van der Waals surface area (Å²) in [6.07, 6.45) is 3.61. The van der Waals surface area contributed by atoms with Crippen LogP contribution in [0.1, 0.15) is 44.0 Å². The highest BCUT2D eigenvalue weighted by atomic mass is 16.5. The predicted molar refractivity (Wildman–Crippen MR) is 127 cm³/mol. The van der Waals surface area contributed by atoms with Crippen LogP contribution >= 0.6 is 0 Å². The van der Waals surface area contributed by atoms with Gasteiger partial charge in [0.1, 0.15) is 5.69 Å². The van der Waals surface area contributed by atoms with E-state index in [4.69, 9.17) is 9.72 Å². The minimum atomic E-state index is -0.218. The molecule has 6 rings (SSSR count). The second kappa shape index (κ2) is 7.40. The number of fused-ring (bicyclic) bond motifs is 3. The van der Waals surface area contributed by atoms with Crippen LogP contribution in [0.15, 0.2) is 12.1 Å². The molecule has 0 bridgehead atoms. The molecule has 8 nitrogen and oxygen atoms in total. The Balaban J connectivity index is 1.24. The summed E-state index contributed by atoms with van der Waals surface area (Å²) in [6.45, 7) is 10.6. The number of imidazole rings is 1. The number of morpholine rings is 1. The monoisotopic (exact) mass is 448 g/mol. The van der Waals surface area contributed by atoms with Crippen molar-refractivity contribution in [2.75, 3.05) is 25.0 Å². The quantitative estimate of drug-likeness (QED) is 0.568. The molecule has 2 fully saturated rings. The van der Waals surface area contributed by atoms with Crippen molar-refractivity contribution in [3.05, 3.63) is 29.0 Å². The highest BCUT2D eigenvalue weighted by Gasteiger charge is 2.53. The van der Waals surface area contributed by atoms with Crippen molar-refractivity contribution in [1.82, 2.24) is 25.1 Å². The number of carbonyl (C=O) groups is 1. The standard InChI is InChI=1S/C25H32N6O2/c1-13-7-19-20(9-18(13)28-24(32)15(3)31-5-6-33-14(2)12-31)27-23(26-19)22-17-8-16-10-25(16,4)11-21(17)29-30-22/h7,9,14-16H,5-6,8,10-12H2,1-4H3,(H,26,27)(H,28,32)(H,29,30)/t14-,15?,16+,25+/m0/s1. The maximum absolute atomic E-state index is 13.0. The average molecular weight is 449 g/mol. The van der Waals surface area contributed by atoms with E-state index < -0.39 is 0 Å². The second-order valence-electron chi connectivity index (χ2n) is 10.6. The Morgan fingerprint density at radius 3 is 3.06 bits per heavy atom. The number of anilines is 1. The first kappa shape index (κ1) is 20.9. The van der Waals surface area contributed by atoms with Crippen LogP contribution in [-0.2, 0) is 22.4 Å². The van der Waals surface area contributed by atoms with Gasteiger partial charge in [-0.05, 0) is 69.1 Å². The Morgan fingerprint density at radius 1 is 1.39 bits per heavy atom. The van der Waals surface area contributed by atoms with Gasteiger partial charge in [0.15, 0.2) is 5.82 Å². The minimum Gasteiger partial charge on any atom is -0.376 e. The van der Waals surface area contributed by atoms with Crippen molar-refractivity contribution in [1.29, 1.82) is 0 Å². The van der Waals surface area contributed by atoms with Crippen molar-refractivity contribution < 1.29 is 9.53 Å². The fourth-order valence-corrected chi connectivity index (χ4v) is 5.66. The van der Waals surface area contributed by atoms with Crippen molar-refractivity contribution in [3.63, 3.8) is 0 Å². The van der Waals surface area contributed by atoms with Gasteiger partial charge in [0.25, 0.3) is 0 Å². The number of aryl methyl sites for hydroxylation is 1. The number of hydrogen-bond acceptors (Lipinski definition) is 5. The normalized spacial score (nSPS) is 27.8. The van der Waals surface area contributed by atoms with E-state index in [1.807, 2.05) is 26.8 Å². The maximum atomic E-state index is 13.0. The Bertz CT molecular complexity index is 1250. The first-order chi connectivity index (χ1) is 15.8. The van der Waals surface area contributed by atoms with Crippen LogP contribution in [0, 0.1) is 18.3 Å². The molecule has 1 saturated heterocycles. The predicted octanol–water partition coefficient (Wildman–Crippen LogP) is 3.43. The molecule has 2 aromatic heterocycles. The van der Waals surface area contributed by atoms with Gasteiger partial charge in [-0.1, -0.05) is 6.92 Å². The van der Waals surface area contributed by atoms with Crippen LogP contribution in [0.4, 0.5) is 5.69 Å². The van der Waals surface area contributed by atoms with Gasteiger partial charge in [0, 0.05) is 30.0 Å². The molecule has 3 N–H and O–H groups in total. The van der Waals surface area contributed by atoms with Crippen LogP contribution in [0.5, 0.6) is 0 Å². The number of nitrogens with zero attached hydrogens (tertiary/aromatic N) is 3. The molecule has 3 aromatic rings. The van der Waals surface area contributed by atoms with E-state index >= 15 is 0 Å². The van der Waals surface area contributed by atoms with Crippen LogP contribution in [-0.4, -0.2) is 62.8 Å². The fraction of sp³-hybridized carbons (Fsp3) is 0.560. The van der Waals surface area contributed by atoms with Crippen LogP contribution in [0.3, 0.4) is 0 Å². The lowest BCUT2D eigenvalue weighted by atomic mass is 9.88. The zero-order valence-electron chi connectivity index (χ0n) is 19.8. The minimum absolute atomic E-state index is 0.00355. The number of benzene rings is 1. The number of amides is 1. The van der Waals surface area contributed by atoms with Crippen molar-refractivity contribution >= 4 is 22.6 Å². The highest BCUT2D eigenvalue weighted by molar-refractivity contribution is 5.97. The van der Waals surface area contributed by atoms with Gasteiger partial charge in [0.05, 0.1) is 29.8 Å². The van der Waals surface area contributed by atoms with Gasteiger partial charge in [0.2, 0.25) is 5.91 Å². The summed E-state index contributed by atoms with van der Waals surface area (Å²) in [5.74, 6) is 1.56. The van der Waals surface area contributed by atoms with Crippen molar-refractivity contribution in [2.45, 2.75) is 59.1 Å². The van der Waals surface area contributed by atoms with Crippen LogP contribution < -0.4 is 5.32 Å². The summed E-state index contributed by atoms with van der Waals surface area (Å²) in [4.78, 5) is 23.5. The number of hydrogen-bond donors (Lipinski definition) is 3. The number of rotatable bonds is 4. The smallest absolute Gasteiger partial charge is 0.241 e. The first-order valence-corrected chi connectivity index (χ1v) is 12.0. The van der Waals surface area contributed by atoms with Crippen LogP contribution in [0.2, 0.25) is 0 Å². The molecular formula is C25H32N6O2. The number of ether oxygens (including phenoxy) is 1. The molecular weight excluding hydrogens is 416 g/mol. The molecule has 8 heteroatoms. The molecule has 33 heavy (non-hydrogen) atoms. The van der Waals surface area contributed by atoms with Gasteiger partial charge in [-0.15, -0.1) is 0 Å². The van der Waals surface area contributed by atoms with E-state index in [2.05, 4.69) is 38.4 Å². The molecule has 4 atom stereocenters. The number of nitrogens with one attached hydrogen (secondary N) is 3. The Hall–Kier alpha value is -2.71. The molecule has 1 amide bonds. The van der Waals surface area contributed by atoms with E-state index in [9.17, 15) is 4.79 Å². The summed E-state index contributed by atoms with van der Waals surface area (Å²) < 4.78 is 5.61.